The standard InChI is InChI=1S/C19H22N4O3/c1-12-9-20-23(10-12)18-15(8-16(18)24)21-17(25)11-22-7-6-13-4-2-3-5-14(13)19(22)26/h2-5,9-10,15-16,18,24H,6-8,11H2,1H3,(H,21,25)/t15-,16+,18+/m0/s1. The molecule has 0 bridgehead atoms. The van der Waals surface area contributed by atoms with E-state index in [4.69, 9.17) is 0 Å². The first-order valence-electron chi connectivity index (χ1n) is 8.88. The van der Waals surface area contributed by atoms with Crippen LogP contribution in [0.5, 0.6) is 0 Å². The first kappa shape index (κ1) is 16.8. The molecule has 136 valence electrons. The number of hydrogen-bond acceptors (Lipinski definition) is 4. The maximum absolute atomic E-state index is 12.6. The van der Waals surface area contributed by atoms with Crippen molar-refractivity contribution in [2.75, 3.05) is 13.1 Å². The number of aryl methyl sites for hydroxylation is 1. The molecule has 2 heterocycles. The van der Waals surface area contributed by atoms with Crippen LogP contribution in [0.1, 0.15) is 33.9 Å². The number of carbonyl (C=O) groups is 2. The number of benzene rings is 1. The average Bonchev–Trinajstić information content (AvgIpc) is 3.02. The third kappa shape index (κ3) is 2.99. The van der Waals surface area contributed by atoms with Crippen LogP contribution in [-0.2, 0) is 11.2 Å². The highest BCUT2D eigenvalue weighted by Crippen LogP contribution is 2.32. The van der Waals surface area contributed by atoms with E-state index < -0.39 is 6.10 Å². The van der Waals surface area contributed by atoms with Gasteiger partial charge in [-0.15, -0.1) is 0 Å². The van der Waals surface area contributed by atoms with Crippen LogP contribution in [0, 0.1) is 6.92 Å². The molecule has 1 aromatic heterocycles. The van der Waals surface area contributed by atoms with Crippen LogP contribution in [0.4, 0.5) is 0 Å². The van der Waals surface area contributed by atoms with E-state index in [2.05, 4.69) is 10.4 Å². The molecule has 3 atom stereocenters. The number of aliphatic hydroxyl groups is 1. The molecule has 0 saturated heterocycles. The van der Waals surface area contributed by atoms with Gasteiger partial charge in [0.15, 0.2) is 0 Å². The summed E-state index contributed by atoms with van der Waals surface area (Å²) in [6.07, 6.45) is 4.31. The van der Waals surface area contributed by atoms with Crippen LogP contribution >= 0.6 is 0 Å². The summed E-state index contributed by atoms with van der Waals surface area (Å²) in [6.45, 7) is 2.50. The Balaban J connectivity index is 1.38. The monoisotopic (exact) mass is 354 g/mol. The lowest BCUT2D eigenvalue weighted by atomic mass is 9.83. The van der Waals surface area contributed by atoms with Crippen LogP contribution in [0.25, 0.3) is 0 Å². The molecule has 26 heavy (non-hydrogen) atoms. The van der Waals surface area contributed by atoms with Crippen molar-refractivity contribution in [1.29, 1.82) is 0 Å². The quantitative estimate of drug-likeness (QED) is 0.845. The number of fused-ring (bicyclic) bond motifs is 1. The van der Waals surface area contributed by atoms with Crippen molar-refractivity contribution in [3.63, 3.8) is 0 Å². The molecule has 1 aromatic carbocycles. The molecular weight excluding hydrogens is 332 g/mol. The summed E-state index contributed by atoms with van der Waals surface area (Å²) in [5.74, 6) is -0.307. The second kappa shape index (κ2) is 6.57. The maximum Gasteiger partial charge on any atom is 0.254 e. The minimum absolute atomic E-state index is 0.0324. The fourth-order valence-corrected chi connectivity index (χ4v) is 3.76. The Morgan fingerprint density at radius 3 is 2.92 bits per heavy atom. The van der Waals surface area contributed by atoms with Gasteiger partial charge in [-0.25, -0.2) is 0 Å². The highest BCUT2D eigenvalue weighted by atomic mass is 16.3. The smallest absolute Gasteiger partial charge is 0.254 e. The van der Waals surface area contributed by atoms with Crippen LogP contribution < -0.4 is 5.32 Å². The molecular formula is C19H22N4O3. The minimum atomic E-state index is -0.525. The van der Waals surface area contributed by atoms with Gasteiger partial charge < -0.3 is 15.3 Å². The Kier molecular flexibility index (Phi) is 4.24. The van der Waals surface area contributed by atoms with Gasteiger partial charge in [-0.1, -0.05) is 18.2 Å². The van der Waals surface area contributed by atoms with Gasteiger partial charge in [0.05, 0.1) is 30.9 Å². The van der Waals surface area contributed by atoms with E-state index in [9.17, 15) is 14.7 Å². The lowest BCUT2D eigenvalue weighted by Gasteiger charge is -2.42. The zero-order valence-corrected chi connectivity index (χ0v) is 14.6. The minimum Gasteiger partial charge on any atom is -0.391 e. The van der Waals surface area contributed by atoms with Gasteiger partial charge in [-0.05, 0) is 37.0 Å². The third-order valence-corrected chi connectivity index (χ3v) is 5.20. The highest BCUT2D eigenvalue weighted by molar-refractivity contribution is 5.98. The first-order chi connectivity index (χ1) is 12.5. The molecule has 2 N–H and O–H groups in total. The van der Waals surface area contributed by atoms with Gasteiger partial charge >= 0.3 is 0 Å². The van der Waals surface area contributed by atoms with Crippen LogP contribution in [0.15, 0.2) is 36.7 Å². The summed E-state index contributed by atoms with van der Waals surface area (Å²) >= 11 is 0. The topological polar surface area (TPSA) is 87.5 Å². The molecule has 2 amide bonds. The van der Waals surface area contributed by atoms with Crippen molar-refractivity contribution in [1.82, 2.24) is 20.0 Å². The summed E-state index contributed by atoms with van der Waals surface area (Å²) < 4.78 is 1.71. The Hall–Kier alpha value is -2.67. The molecule has 0 radical (unpaired) electrons. The van der Waals surface area contributed by atoms with E-state index in [1.165, 1.54) is 0 Å². The predicted octanol–water partition coefficient (Wildman–Crippen LogP) is 0.681. The van der Waals surface area contributed by atoms with Gasteiger partial charge in [0, 0.05) is 18.3 Å². The molecule has 0 spiro atoms. The Labute approximate surface area is 151 Å². The average molecular weight is 354 g/mol. The van der Waals surface area contributed by atoms with Crippen molar-refractivity contribution in [3.8, 4) is 0 Å². The maximum atomic E-state index is 12.6. The Morgan fingerprint density at radius 2 is 2.19 bits per heavy atom. The number of aromatic nitrogens is 2. The fourth-order valence-electron chi connectivity index (χ4n) is 3.76. The van der Waals surface area contributed by atoms with E-state index >= 15 is 0 Å². The summed E-state index contributed by atoms with van der Waals surface area (Å²) in [7, 11) is 0. The number of aliphatic hydroxyl groups excluding tert-OH is 1. The van der Waals surface area contributed by atoms with Crippen molar-refractivity contribution in [2.45, 2.75) is 38.0 Å². The summed E-state index contributed by atoms with van der Waals surface area (Å²) in [5, 5.41) is 17.2. The zero-order valence-electron chi connectivity index (χ0n) is 14.6. The summed E-state index contributed by atoms with van der Waals surface area (Å²) in [4.78, 5) is 26.6. The van der Waals surface area contributed by atoms with E-state index in [-0.39, 0.29) is 30.4 Å². The molecule has 2 aromatic rings. The third-order valence-electron chi connectivity index (χ3n) is 5.20. The highest BCUT2D eigenvalue weighted by Gasteiger charge is 2.43. The number of nitrogens with one attached hydrogen (secondary N) is 1. The van der Waals surface area contributed by atoms with E-state index in [1.54, 1.807) is 21.8 Å². The van der Waals surface area contributed by atoms with Gasteiger partial charge in [-0.3, -0.25) is 14.3 Å². The number of nitrogens with zero attached hydrogens (tertiary/aromatic N) is 3. The summed E-state index contributed by atoms with van der Waals surface area (Å²) in [5.41, 5.74) is 2.72. The molecule has 1 aliphatic carbocycles. The molecule has 1 fully saturated rings. The second-order valence-corrected chi connectivity index (χ2v) is 7.10. The molecule has 4 rings (SSSR count). The van der Waals surface area contributed by atoms with E-state index in [0.29, 0.717) is 18.5 Å². The molecule has 0 unspecified atom stereocenters. The molecule has 1 saturated carbocycles. The largest absolute Gasteiger partial charge is 0.391 e. The van der Waals surface area contributed by atoms with Gasteiger partial charge in [0.25, 0.3) is 5.91 Å². The lowest BCUT2D eigenvalue weighted by molar-refractivity contribution is -0.125. The Morgan fingerprint density at radius 1 is 1.38 bits per heavy atom. The molecule has 7 nitrogen and oxygen atoms in total. The van der Waals surface area contributed by atoms with Gasteiger partial charge in [-0.2, -0.15) is 5.10 Å². The number of carbonyl (C=O) groups excluding carboxylic acids is 2. The van der Waals surface area contributed by atoms with Gasteiger partial charge in [0.2, 0.25) is 5.91 Å². The van der Waals surface area contributed by atoms with Crippen LogP contribution in [-0.4, -0.2) is 56.8 Å². The zero-order chi connectivity index (χ0) is 18.3. The number of amides is 2. The van der Waals surface area contributed by atoms with Crippen molar-refractivity contribution in [3.05, 3.63) is 53.3 Å². The molecule has 1 aliphatic heterocycles. The normalized spacial score (nSPS) is 24.8. The van der Waals surface area contributed by atoms with E-state index in [0.717, 1.165) is 17.5 Å². The van der Waals surface area contributed by atoms with Crippen LogP contribution in [0.2, 0.25) is 0 Å². The number of hydrogen-bond donors (Lipinski definition) is 2. The SMILES string of the molecule is Cc1cnn([C@H]2[C@H](O)C[C@@H]2NC(=O)CN2CCc3ccccc3C2=O)c1. The van der Waals surface area contributed by atoms with Crippen molar-refractivity contribution >= 4 is 11.8 Å². The van der Waals surface area contributed by atoms with Crippen molar-refractivity contribution < 1.29 is 14.7 Å². The molecule has 7 heteroatoms. The lowest BCUT2D eigenvalue weighted by Crippen LogP contribution is -2.57. The van der Waals surface area contributed by atoms with E-state index in [1.807, 2.05) is 31.3 Å². The van der Waals surface area contributed by atoms with Crippen molar-refractivity contribution in [2.24, 2.45) is 0 Å². The predicted molar refractivity (Wildman–Crippen MR) is 94.6 cm³/mol. The summed E-state index contributed by atoms with van der Waals surface area (Å²) in [6, 6.07) is 7.09. The first-order valence-corrected chi connectivity index (χ1v) is 8.88. The molecule has 2 aliphatic rings. The van der Waals surface area contributed by atoms with Gasteiger partial charge in [0.1, 0.15) is 0 Å². The number of rotatable bonds is 4. The fraction of sp³-hybridized carbons (Fsp3) is 0.421. The van der Waals surface area contributed by atoms with Crippen LogP contribution in [0.3, 0.4) is 0 Å². The Bertz CT molecular complexity index is 847. The second-order valence-electron chi connectivity index (χ2n) is 7.10.